The van der Waals surface area contributed by atoms with Crippen LogP contribution in [0.4, 0.5) is 10.1 Å². The number of aromatic nitrogens is 1. The van der Waals surface area contributed by atoms with E-state index in [1.807, 2.05) is 0 Å². The number of pyridine rings is 1. The first-order chi connectivity index (χ1) is 5.24. The molecular weight excluding hydrogens is 191 g/mol. The Balaban J connectivity index is 3.22. The van der Waals surface area contributed by atoms with Crippen LogP contribution >= 0.6 is 11.6 Å². The zero-order chi connectivity index (χ0) is 8.27. The number of halogens is 2. The van der Waals surface area contributed by atoms with Gasteiger partial charge in [-0.15, -0.1) is 0 Å². The maximum atomic E-state index is 12.4. The summed E-state index contributed by atoms with van der Waals surface area (Å²) in [5, 5.41) is 0.0229. The lowest BCUT2D eigenvalue weighted by molar-refractivity contribution is 0.622. The maximum Gasteiger partial charge on any atom is 0.205 e. The van der Waals surface area contributed by atoms with Crippen molar-refractivity contribution in [2.75, 3.05) is 0 Å². The van der Waals surface area contributed by atoms with E-state index >= 15 is 0 Å². The summed E-state index contributed by atoms with van der Waals surface area (Å²) in [5.74, 6) is -0.567. The molecule has 0 amide bonds. The summed E-state index contributed by atoms with van der Waals surface area (Å²) >= 11 is 5.41. The molecule has 1 heterocycles. The summed E-state index contributed by atoms with van der Waals surface area (Å²) in [6, 6.07) is 1.04. The zero-order valence-corrected chi connectivity index (χ0v) is 6.69. The molecule has 6 heteroatoms. The fourth-order valence-corrected chi connectivity index (χ4v) is 0.931. The number of nitrogens with zero attached hydrogens (tertiary/aromatic N) is 2. The van der Waals surface area contributed by atoms with Crippen LogP contribution in [0.25, 0.3) is 0 Å². The molecule has 1 rings (SSSR count). The molecule has 1 aromatic rings. The first-order valence-electron chi connectivity index (χ1n) is 2.55. The smallest absolute Gasteiger partial charge is 0.205 e. The molecule has 0 unspecified atom stereocenters. The van der Waals surface area contributed by atoms with Crippen molar-refractivity contribution in [3.05, 3.63) is 23.2 Å². The van der Waals surface area contributed by atoms with Crippen LogP contribution in [0.2, 0.25) is 5.15 Å². The molecular formula is C5H2ClFN2OS. The Morgan fingerprint density at radius 1 is 1.73 bits per heavy atom. The minimum Gasteiger partial charge on any atom is -0.239 e. The molecule has 0 aliphatic heterocycles. The van der Waals surface area contributed by atoms with Gasteiger partial charge in [-0.25, -0.2) is 9.37 Å². The second-order valence-corrected chi connectivity index (χ2v) is 2.32. The van der Waals surface area contributed by atoms with Gasteiger partial charge in [-0.05, 0) is 0 Å². The topological polar surface area (TPSA) is 42.3 Å². The van der Waals surface area contributed by atoms with Gasteiger partial charge in [0, 0.05) is 6.07 Å². The van der Waals surface area contributed by atoms with Crippen LogP contribution in [0.1, 0.15) is 0 Å². The van der Waals surface area contributed by atoms with Crippen molar-refractivity contribution in [1.29, 1.82) is 0 Å². The summed E-state index contributed by atoms with van der Waals surface area (Å²) < 4.78 is 25.6. The predicted octanol–water partition coefficient (Wildman–Crippen LogP) is 1.90. The molecule has 11 heavy (non-hydrogen) atoms. The maximum absolute atomic E-state index is 12.4. The summed E-state index contributed by atoms with van der Waals surface area (Å²) in [6.45, 7) is 0. The van der Waals surface area contributed by atoms with E-state index in [2.05, 4.69) is 9.35 Å². The van der Waals surface area contributed by atoms with Crippen molar-refractivity contribution in [2.45, 2.75) is 0 Å². The quantitative estimate of drug-likeness (QED) is 0.638. The zero-order valence-electron chi connectivity index (χ0n) is 5.12. The van der Waals surface area contributed by atoms with Crippen LogP contribution in [-0.2, 0) is 11.5 Å². The summed E-state index contributed by atoms with van der Waals surface area (Å²) in [5.41, 5.74) is 0.0617. The van der Waals surface area contributed by atoms with Gasteiger partial charge in [-0.2, -0.15) is 8.57 Å². The first-order valence-corrected chi connectivity index (χ1v) is 3.63. The van der Waals surface area contributed by atoms with E-state index in [0.717, 1.165) is 12.3 Å². The van der Waals surface area contributed by atoms with Gasteiger partial charge in [-0.3, -0.25) is 0 Å². The van der Waals surface area contributed by atoms with Crippen molar-refractivity contribution in [2.24, 2.45) is 4.36 Å². The lowest BCUT2D eigenvalue weighted by atomic mass is 10.4. The third-order valence-electron chi connectivity index (χ3n) is 0.923. The molecule has 0 bridgehead atoms. The monoisotopic (exact) mass is 192 g/mol. The van der Waals surface area contributed by atoms with Crippen LogP contribution in [0.3, 0.4) is 0 Å². The summed E-state index contributed by atoms with van der Waals surface area (Å²) in [4.78, 5) is 3.44. The van der Waals surface area contributed by atoms with Crippen LogP contribution in [-0.4, -0.2) is 9.19 Å². The van der Waals surface area contributed by atoms with Crippen LogP contribution in [0.5, 0.6) is 0 Å². The number of hydrogen-bond acceptors (Lipinski definition) is 3. The molecule has 0 spiro atoms. The van der Waals surface area contributed by atoms with Gasteiger partial charge in [-0.1, -0.05) is 11.6 Å². The second kappa shape index (κ2) is 3.54. The molecule has 0 radical (unpaired) electrons. The van der Waals surface area contributed by atoms with Gasteiger partial charge in [0.2, 0.25) is 11.5 Å². The van der Waals surface area contributed by atoms with Gasteiger partial charge in [0.1, 0.15) is 11.5 Å². The van der Waals surface area contributed by atoms with Crippen LogP contribution in [0.15, 0.2) is 16.6 Å². The molecule has 0 saturated heterocycles. The third kappa shape index (κ3) is 2.06. The fraction of sp³-hybridized carbons (Fsp3) is 0. The minimum absolute atomic E-state index is 0.0229. The van der Waals surface area contributed by atoms with Gasteiger partial charge >= 0.3 is 0 Å². The van der Waals surface area contributed by atoms with E-state index in [1.54, 1.807) is 0 Å². The highest BCUT2D eigenvalue weighted by Crippen LogP contribution is 2.21. The Labute approximate surface area is 70.5 Å². The SMILES string of the molecule is O=S=Nc1cc(F)cnc1Cl. The average molecular weight is 193 g/mol. The summed E-state index contributed by atoms with van der Waals surface area (Å²) in [6.07, 6.45) is 0.955. The Morgan fingerprint density at radius 2 is 2.45 bits per heavy atom. The molecule has 58 valence electrons. The van der Waals surface area contributed by atoms with Crippen molar-refractivity contribution >= 4 is 28.8 Å². The van der Waals surface area contributed by atoms with Gasteiger partial charge in [0.25, 0.3) is 0 Å². The second-order valence-electron chi connectivity index (χ2n) is 1.63. The van der Waals surface area contributed by atoms with E-state index in [0.29, 0.717) is 0 Å². The minimum atomic E-state index is -0.567. The van der Waals surface area contributed by atoms with Crippen LogP contribution < -0.4 is 0 Å². The number of hydrogen-bond donors (Lipinski definition) is 0. The Kier molecular flexibility index (Phi) is 2.67. The van der Waals surface area contributed by atoms with Crippen molar-refractivity contribution < 1.29 is 8.60 Å². The highest BCUT2D eigenvalue weighted by Gasteiger charge is 2.00. The highest BCUT2D eigenvalue weighted by atomic mass is 35.5. The van der Waals surface area contributed by atoms with Gasteiger partial charge < -0.3 is 0 Å². The molecule has 3 nitrogen and oxygen atoms in total. The van der Waals surface area contributed by atoms with Gasteiger partial charge in [0.15, 0.2) is 5.15 Å². The van der Waals surface area contributed by atoms with Crippen LogP contribution in [0, 0.1) is 5.82 Å². The van der Waals surface area contributed by atoms with Crippen molar-refractivity contribution in [3.8, 4) is 0 Å². The number of rotatable bonds is 1. The van der Waals surface area contributed by atoms with E-state index in [9.17, 15) is 8.60 Å². The first kappa shape index (κ1) is 8.29. The average Bonchev–Trinajstić information content (AvgIpc) is 1.98. The van der Waals surface area contributed by atoms with E-state index < -0.39 is 5.82 Å². The lowest BCUT2D eigenvalue weighted by Gasteiger charge is -1.92. The molecule has 0 fully saturated rings. The third-order valence-corrected chi connectivity index (χ3v) is 1.49. The van der Waals surface area contributed by atoms with E-state index in [-0.39, 0.29) is 22.3 Å². The van der Waals surface area contributed by atoms with E-state index in [4.69, 9.17) is 11.6 Å². The predicted molar refractivity (Wildman–Crippen MR) is 39.4 cm³/mol. The van der Waals surface area contributed by atoms with Crippen molar-refractivity contribution in [1.82, 2.24) is 4.98 Å². The highest BCUT2D eigenvalue weighted by molar-refractivity contribution is 7.54. The molecule has 0 N–H and O–H groups in total. The Bertz CT molecular complexity index is 326. The lowest BCUT2D eigenvalue weighted by Crippen LogP contribution is -1.78. The normalized spacial score (nSPS) is 9.27. The molecule has 0 atom stereocenters. The molecule has 0 saturated carbocycles. The molecule has 0 aromatic carbocycles. The van der Waals surface area contributed by atoms with E-state index in [1.165, 1.54) is 0 Å². The Hall–Kier alpha value is -0.810. The largest absolute Gasteiger partial charge is 0.239 e. The molecule has 0 aliphatic carbocycles. The van der Waals surface area contributed by atoms with Gasteiger partial charge in [0.05, 0.1) is 6.20 Å². The Morgan fingerprint density at radius 3 is 3.09 bits per heavy atom. The van der Waals surface area contributed by atoms with Crippen molar-refractivity contribution in [3.63, 3.8) is 0 Å². The standard InChI is InChI=1S/C5H2ClFN2OS/c6-5-4(9-11-10)1-3(7)2-8-5/h1-2H. The molecule has 0 aliphatic rings. The summed E-state index contributed by atoms with van der Waals surface area (Å²) in [7, 11) is 0. The fourth-order valence-electron chi connectivity index (χ4n) is 0.516. The molecule has 1 aromatic heterocycles.